The molecule has 2 heterocycles. The fourth-order valence-electron chi connectivity index (χ4n) is 4.97. The molecule has 11 nitrogen and oxygen atoms in total. The van der Waals surface area contributed by atoms with Crippen LogP contribution in [0.3, 0.4) is 0 Å². The van der Waals surface area contributed by atoms with Crippen LogP contribution in [-0.4, -0.2) is 45.5 Å². The van der Waals surface area contributed by atoms with Gasteiger partial charge in [0.2, 0.25) is 17.7 Å². The lowest BCUT2D eigenvalue weighted by Gasteiger charge is -2.43. The molecule has 2 aromatic carbocycles. The number of rotatable bonds is 6. The summed E-state index contributed by atoms with van der Waals surface area (Å²) in [5.74, 6) is 0.521. The number of fused-ring (bicyclic) bond motifs is 1. The Morgan fingerprint density at radius 3 is 2.26 bits per heavy atom. The molecule has 0 saturated heterocycles. The molecule has 0 fully saturated rings. The molecule has 1 aromatic heterocycles. The summed E-state index contributed by atoms with van der Waals surface area (Å²) in [6, 6.07) is 14.4. The van der Waals surface area contributed by atoms with Crippen LogP contribution in [0.25, 0.3) is 11.5 Å². The highest BCUT2D eigenvalue weighted by atomic mass is 16.6. The number of hydrogen-bond acceptors (Lipinski definition) is 8. The van der Waals surface area contributed by atoms with Crippen molar-refractivity contribution in [2.24, 2.45) is 0 Å². The Morgan fingerprint density at radius 2 is 1.63 bits per heavy atom. The van der Waals surface area contributed by atoms with Crippen molar-refractivity contribution in [2.45, 2.75) is 98.1 Å². The number of aromatic nitrogens is 2. The number of nitrogens with one attached hydrogen (secondary N) is 1. The van der Waals surface area contributed by atoms with Crippen LogP contribution in [0.1, 0.15) is 85.7 Å². The molecular formula is C32H41N5O6. The summed E-state index contributed by atoms with van der Waals surface area (Å²) in [6.07, 6.45) is -0.161. The average molecular weight is 592 g/mol. The second kappa shape index (κ2) is 12.4. The zero-order valence-corrected chi connectivity index (χ0v) is 26.1. The van der Waals surface area contributed by atoms with E-state index >= 15 is 0 Å². The van der Waals surface area contributed by atoms with Crippen molar-refractivity contribution in [3.8, 4) is 11.5 Å². The zero-order chi connectivity index (χ0) is 31.5. The Hall–Kier alpha value is -4.41. The van der Waals surface area contributed by atoms with E-state index in [2.05, 4.69) is 15.5 Å². The molecule has 3 aromatic rings. The van der Waals surface area contributed by atoms with E-state index in [0.717, 1.165) is 11.3 Å². The highest BCUT2D eigenvalue weighted by molar-refractivity contribution is 5.96. The molecular weight excluding hydrogens is 550 g/mol. The summed E-state index contributed by atoms with van der Waals surface area (Å²) in [6.45, 7) is 14.7. The number of nitrogens with zero attached hydrogens (tertiary/aromatic N) is 4. The van der Waals surface area contributed by atoms with Gasteiger partial charge in [-0.15, -0.1) is 10.2 Å². The molecule has 43 heavy (non-hydrogen) atoms. The van der Waals surface area contributed by atoms with Gasteiger partial charge >= 0.3 is 12.2 Å². The normalized spacial score (nSPS) is 16.7. The van der Waals surface area contributed by atoms with Gasteiger partial charge in [-0.3, -0.25) is 9.69 Å². The Bertz CT molecular complexity index is 1450. The maximum atomic E-state index is 13.8. The van der Waals surface area contributed by atoms with Gasteiger partial charge in [-0.05, 0) is 90.8 Å². The van der Waals surface area contributed by atoms with Crippen LogP contribution in [0.4, 0.5) is 21.0 Å². The first-order valence-corrected chi connectivity index (χ1v) is 14.5. The molecule has 0 bridgehead atoms. The molecule has 0 saturated carbocycles. The van der Waals surface area contributed by atoms with E-state index < -0.39 is 23.4 Å². The van der Waals surface area contributed by atoms with Gasteiger partial charge in [0, 0.05) is 29.4 Å². The van der Waals surface area contributed by atoms with Gasteiger partial charge in [-0.25, -0.2) is 9.59 Å². The van der Waals surface area contributed by atoms with Crippen LogP contribution < -0.4 is 15.1 Å². The summed E-state index contributed by atoms with van der Waals surface area (Å²) in [4.78, 5) is 42.1. The lowest BCUT2D eigenvalue weighted by Crippen LogP contribution is -2.48. The number of anilines is 2. The van der Waals surface area contributed by atoms with Crippen LogP contribution >= 0.6 is 0 Å². The highest BCUT2D eigenvalue weighted by Gasteiger charge is 2.39. The third-order valence-corrected chi connectivity index (χ3v) is 6.68. The molecule has 0 spiro atoms. The predicted octanol–water partition coefficient (Wildman–Crippen LogP) is 6.78. The van der Waals surface area contributed by atoms with Gasteiger partial charge in [-0.1, -0.05) is 25.1 Å². The smallest absolute Gasteiger partial charge is 0.415 e. The van der Waals surface area contributed by atoms with Gasteiger partial charge in [0.1, 0.15) is 11.2 Å². The summed E-state index contributed by atoms with van der Waals surface area (Å²) in [7, 11) is 0. The average Bonchev–Trinajstić information content (AvgIpc) is 3.39. The number of carbonyl (C=O) groups is 3. The minimum Gasteiger partial charge on any atom is -0.444 e. The lowest BCUT2D eigenvalue weighted by atomic mass is 9.90. The monoisotopic (exact) mass is 591 g/mol. The number of amides is 3. The number of alkyl carbamates (subject to hydrolysis) is 1. The molecule has 230 valence electrons. The number of hydrogen-bond donors (Lipinski definition) is 1. The first-order valence-electron chi connectivity index (χ1n) is 14.5. The number of benzene rings is 2. The number of para-hydroxylation sites is 1. The van der Waals surface area contributed by atoms with Crippen LogP contribution in [0.2, 0.25) is 0 Å². The minimum atomic E-state index is -0.715. The molecule has 4 rings (SSSR count). The molecule has 2 atom stereocenters. The van der Waals surface area contributed by atoms with Crippen molar-refractivity contribution in [1.82, 2.24) is 15.5 Å². The van der Waals surface area contributed by atoms with E-state index in [1.807, 2.05) is 63.8 Å². The van der Waals surface area contributed by atoms with E-state index in [1.165, 1.54) is 0 Å². The van der Waals surface area contributed by atoms with E-state index in [1.54, 1.807) is 49.9 Å². The van der Waals surface area contributed by atoms with Gasteiger partial charge in [0.15, 0.2) is 0 Å². The standard InChI is InChI=1S/C32H41N5O6/c1-9-27(38)36-20(2)18-25(23-12-10-11-13-24(23)36)37(30(40)43-32(6,7)8)22-16-14-21(15-17-22)28-35-34-26(41-28)19-33-29(39)42-31(3,4)5/h10-17,20,25H,9,18-19H2,1-8H3,(H,33,39)/t20-,25+/m0/s1. The maximum absolute atomic E-state index is 13.8. The van der Waals surface area contributed by atoms with Crippen molar-refractivity contribution in [2.75, 3.05) is 9.80 Å². The third kappa shape index (κ3) is 7.71. The zero-order valence-electron chi connectivity index (χ0n) is 26.1. The molecule has 1 N–H and O–H groups in total. The second-order valence-electron chi connectivity index (χ2n) is 12.5. The SMILES string of the molecule is CCC(=O)N1c2ccccc2[C@H](N(C(=O)OC(C)(C)C)c2ccc(-c3nnc(CNC(=O)OC(C)(C)C)o3)cc2)C[C@@H]1C. The number of ether oxygens (including phenoxy) is 2. The fourth-order valence-corrected chi connectivity index (χ4v) is 4.97. The molecule has 1 aliphatic rings. The quantitative estimate of drug-likeness (QED) is 0.332. The first-order chi connectivity index (χ1) is 20.2. The van der Waals surface area contributed by atoms with Crippen molar-refractivity contribution in [3.05, 3.63) is 60.0 Å². The van der Waals surface area contributed by atoms with E-state index in [0.29, 0.717) is 24.1 Å². The van der Waals surface area contributed by atoms with E-state index in [9.17, 15) is 14.4 Å². The Kier molecular flexibility index (Phi) is 9.12. The van der Waals surface area contributed by atoms with Gasteiger partial charge in [-0.2, -0.15) is 0 Å². The maximum Gasteiger partial charge on any atom is 0.415 e. The molecule has 0 unspecified atom stereocenters. The summed E-state index contributed by atoms with van der Waals surface area (Å²) >= 11 is 0. The van der Waals surface area contributed by atoms with Crippen molar-refractivity contribution in [1.29, 1.82) is 0 Å². The minimum absolute atomic E-state index is 0.0171. The molecule has 11 heteroatoms. The highest BCUT2D eigenvalue weighted by Crippen LogP contribution is 2.43. The lowest BCUT2D eigenvalue weighted by molar-refractivity contribution is -0.118. The number of carbonyl (C=O) groups excluding carboxylic acids is 3. The molecule has 3 amide bonds. The van der Waals surface area contributed by atoms with Crippen molar-refractivity contribution in [3.63, 3.8) is 0 Å². The van der Waals surface area contributed by atoms with Crippen LogP contribution in [-0.2, 0) is 20.8 Å². The third-order valence-electron chi connectivity index (χ3n) is 6.68. The van der Waals surface area contributed by atoms with Crippen molar-refractivity contribution < 1.29 is 28.3 Å². The summed E-state index contributed by atoms with van der Waals surface area (Å²) in [5, 5.41) is 10.7. The van der Waals surface area contributed by atoms with Crippen molar-refractivity contribution >= 4 is 29.5 Å². The Labute approximate surface area is 252 Å². The second-order valence-corrected chi connectivity index (χ2v) is 12.5. The van der Waals surface area contributed by atoms with Crippen LogP contribution in [0, 0.1) is 0 Å². The van der Waals surface area contributed by atoms with E-state index in [4.69, 9.17) is 13.9 Å². The fraction of sp³-hybridized carbons (Fsp3) is 0.469. The topological polar surface area (TPSA) is 127 Å². The largest absolute Gasteiger partial charge is 0.444 e. The van der Waals surface area contributed by atoms with E-state index in [-0.39, 0.29) is 36.3 Å². The van der Waals surface area contributed by atoms with Crippen LogP contribution in [0.15, 0.2) is 52.9 Å². The summed E-state index contributed by atoms with van der Waals surface area (Å²) < 4.78 is 16.9. The molecule has 1 aliphatic heterocycles. The predicted molar refractivity (Wildman–Crippen MR) is 163 cm³/mol. The Balaban J connectivity index is 1.62. The van der Waals surface area contributed by atoms with Gasteiger partial charge < -0.3 is 24.1 Å². The molecule has 0 aliphatic carbocycles. The van der Waals surface area contributed by atoms with Gasteiger partial charge in [0.05, 0.1) is 12.6 Å². The summed E-state index contributed by atoms with van der Waals surface area (Å²) in [5.41, 5.74) is 1.58. The van der Waals surface area contributed by atoms with Gasteiger partial charge in [0.25, 0.3) is 0 Å². The molecule has 0 radical (unpaired) electrons. The van der Waals surface area contributed by atoms with Crippen LogP contribution in [0.5, 0.6) is 0 Å². The Morgan fingerprint density at radius 1 is 0.977 bits per heavy atom. The first kappa shape index (κ1) is 31.5.